The van der Waals surface area contributed by atoms with Crippen LogP contribution in [0.25, 0.3) is 0 Å². The Morgan fingerprint density at radius 2 is 2.25 bits per heavy atom. The Morgan fingerprint density at radius 1 is 1.58 bits per heavy atom. The van der Waals surface area contributed by atoms with Gasteiger partial charge in [0.25, 0.3) is 0 Å². The van der Waals surface area contributed by atoms with Gasteiger partial charge in [-0.25, -0.2) is 0 Å². The molecule has 12 heavy (non-hydrogen) atoms. The van der Waals surface area contributed by atoms with E-state index in [4.69, 9.17) is 0 Å². The summed E-state index contributed by atoms with van der Waals surface area (Å²) >= 11 is 0. The van der Waals surface area contributed by atoms with Gasteiger partial charge in [-0.3, -0.25) is 4.79 Å². The van der Waals surface area contributed by atoms with Gasteiger partial charge in [-0.2, -0.15) is 0 Å². The number of hydrogen-bond acceptors (Lipinski definition) is 3. The van der Waals surface area contributed by atoms with Crippen LogP contribution in [0.3, 0.4) is 0 Å². The van der Waals surface area contributed by atoms with Crippen molar-refractivity contribution < 1.29 is 15.0 Å². The fourth-order valence-electron chi connectivity index (χ4n) is 2.45. The molecule has 0 saturated heterocycles. The molecular weight excluding hydrogens is 158 g/mol. The van der Waals surface area contributed by atoms with E-state index in [0.717, 1.165) is 6.42 Å². The Hall–Kier alpha value is -0.610. The minimum absolute atomic E-state index is 0.187. The molecule has 2 unspecified atom stereocenters. The molecule has 0 heterocycles. The van der Waals surface area contributed by atoms with Gasteiger partial charge in [-0.15, -0.1) is 0 Å². The topological polar surface area (TPSA) is 69.6 Å². The normalized spacial score (nSPS) is 42.1. The Kier molecular flexibility index (Phi) is 1.34. The van der Waals surface area contributed by atoms with E-state index in [9.17, 15) is 15.0 Å². The number of hydrogen-bond donors (Lipinski definition) is 3. The molecule has 0 aliphatic heterocycles. The molecular formula is C8H13NO3. The van der Waals surface area contributed by atoms with E-state index in [1.807, 2.05) is 0 Å². The van der Waals surface area contributed by atoms with Crippen LogP contribution in [0.4, 0.5) is 0 Å². The van der Waals surface area contributed by atoms with Crippen molar-refractivity contribution in [1.82, 2.24) is 5.32 Å². The van der Waals surface area contributed by atoms with Crippen LogP contribution >= 0.6 is 0 Å². The highest BCUT2D eigenvalue weighted by Crippen LogP contribution is 2.67. The molecule has 4 heteroatoms. The van der Waals surface area contributed by atoms with Crippen molar-refractivity contribution in [3.8, 4) is 0 Å². The van der Waals surface area contributed by atoms with E-state index < -0.39 is 11.2 Å². The average molecular weight is 171 g/mol. The van der Waals surface area contributed by atoms with Gasteiger partial charge in [0, 0.05) is 13.5 Å². The Balaban J connectivity index is 2.28. The summed E-state index contributed by atoms with van der Waals surface area (Å²) in [6, 6.07) is 0. The van der Waals surface area contributed by atoms with Crippen molar-refractivity contribution in [3.05, 3.63) is 0 Å². The van der Waals surface area contributed by atoms with Gasteiger partial charge >= 0.3 is 0 Å². The van der Waals surface area contributed by atoms with Crippen LogP contribution in [-0.2, 0) is 4.79 Å². The lowest BCUT2D eigenvalue weighted by molar-refractivity contribution is -0.204. The van der Waals surface area contributed by atoms with Crippen LogP contribution in [0.2, 0.25) is 0 Å². The second-order valence-corrected chi connectivity index (χ2v) is 3.81. The lowest BCUT2D eigenvalue weighted by Gasteiger charge is -2.26. The SMILES string of the molecule is CNC(=O)C12CC1CCC2(O)O. The van der Waals surface area contributed by atoms with Gasteiger partial charge in [0.1, 0.15) is 5.41 Å². The molecule has 68 valence electrons. The molecule has 2 aliphatic rings. The van der Waals surface area contributed by atoms with Crippen molar-refractivity contribution in [2.45, 2.75) is 25.0 Å². The molecule has 0 aromatic carbocycles. The summed E-state index contributed by atoms with van der Waals surface area (Å²) < 4.78 is 0. The summed E-state index contributed by atoms with van der Waals surface area (Å²) in [5, 5.41) is 21.6. The third kappa shape index (κ3) is 0.671. The minimum atomic E-state index is -1.77. The zero-order valence-corrected chi connectivity index (χ0v) is 7.00. The Morgan fingerprint density at radius 3 is 2.58 bits per heavy atom. The maximum Gasteiger partial charge on any atom is 0.231 e. The summed E-state index contributed by atoms with van der Waals surface area (Å²) in [5.41, 5.74) is -0.873. The first kappa shape index (κ1) is 8.01. The van der Waals surface area contributed by atoms with E-state index in [1.54, 1.807) is 0 Å². The first-order valence-electron chi connectivity index (χ1n) is 4.21. The second-order valence-electron chi connectivity index (χ2n) is 3.81. The van der Waals surface area contributed by atoms with Crippen LogP contribution in [0.1, 0.15) is 19.3 Å². The molecule has 0 aromatic heterocycles. The molecule has 2 saturated carbocycles. The van der Waals surface area contributed by atoms with Gasteiger partial charge < -0.3 is 15.5 Å². The van der Waals surface area contributed by atoms with Gasteiger partial charge in [-0.1, -0.05) is 0 Å². The van der Waals surface area contributed by atoms with Crippen LogP contribution < -0.4 is 5.32 Å². The molecule has 0 aromatic rings. The second kappa shape index (κ2) is 2.00. The highest BCUT2D eigenvalue weighted by atomic mass is 16.5. The smallest absolute Gasteiger partial charge is 0.231 e. The molecule has 2 atom stereocenters. The first-order chi connectivity index (χ1) is 5.54. The van der Waals surface area contributed by atoms with Gasteiger partial charge in [0.2, 0.25) is 5.91 Å². The zero-order chi connectivity index (χ0) is 8.98. The van der Waals surface area contributed by atoms with Gasteiger partial charge in [0.15, 0.2) is 5.79 Å². The molecule has 4 nitrogen and oxygen atoms in total. The lowest BCUT2D eigenvalue weighted by Crippen LogP contribution is -2.46. The van der Waals surface area contributed by atoms with Gasteiger partial charge in [-0.05, 0) is 18.8 Å². The molecule has 0 bridgehead atoms. The summed E-state index contributed by atoms with van der Waals surface area (Å²) in [7, 11) is 1.53. The number of amides is 1. The van der Waals surface area contributed by atoms with Gasteiger partial charge in [0.05, 0.1) is 0 Å². The first-order valence-corrected chi connectivity index (χ1v) is 4.21. The molecule has 3 N–H and O–H groups in total. The zero-order valence-electron chi connectivity index (χ0n) is 7.00. The highest BCUT2D eigenvalue weighted by Gasteiger charge is 2.74. The number of carbonyl (C=O) groups is 1. The Labute approximate surface area is 70.6 Å². The van der Waals surface area contributed by atoms with Crippen LogP contribution in [0.5, 0.6) is 0 Å². The summed E-state index contributed by atoms with van der Waals surface area (Å²) in [4.78, 5) is 11.4. The van der Waals surface area contributed by atoms with Crippen LogP contribution in [0, 0.1) is 11.3 Å². The summed E-state index contributed by atoms with van der Waals surface area (Å²) in [6.45, 7) is 0. The molecule has 0 spiro atoms. The molecule has 1 amide bonds. The monoisotopic (exact) mass is 171 g/mol. The third-order valence-corrected chi connectivity index (χ3v) is 3.29. The number of fused-ring (bicyclic) bond motifs is 1. The number of nitrogens with one attached hydrogen (secondary N) is 1. The van der Waals surface area contributed by atoms with E-state index >= 15 is 0 Å². The molecule has 2 aliphatic carbocycles. The highest BCUT2D eigenvalue weighted by molar-refractivity contribution is 5.87. The Bertz CT molecular complexity index is 238. The van der Waals surface area contributed by atoms with Crippen LogP contribution in [-0.4, -0.2) is 29.0 Å². The van der Waals surface area contributed by atoms with Crippen LogP contribution in [0.15, 0.2) is 0 Å². The lowest BCUT2D eigenvalue weighted by atomic mass is 9.96. The number of rotatable bonds is 1. The summed E-state index contributed by atoms with van der Waals surface area (Å²) in [5.74, 6) is -1.81. The fraction of sp³-hybridized carbons (Fsp3) is 0.875. The van der Waals surface area contributed by atoms with E-state index in [-0.39, 0.29) is 11.8 Å². The molecule has 2 rings (SSSR count). The van der Waals surface area contributed by atoms with Crippen molar-refractivity contribution in [2.24, 2.45) is 11.3 Å². The molecule has 2 fully saturated rings. The molecule has 0 radical (unpaired) electrons. The summed E-state index contributed by atoms with van der Waals surface area (Å²) in [6.07, 6.45) is 1.70. The maximum atomic E-state index is 11.4. The van der Waals surface area contributed by atoms with Crippen molar-refractivity contribution in [3.63, 3.8) is 0 Å². The minimum Gasteiger partial charge on any atom is -0.365 e. The maximum absolute atomic E-state index is 11.4. The number of carbonyl (C=O) groups excluding carboxylic acids is 1. The largest absolute Gasteiger partial charge is 0.365 e. The third-order valence-electron chi connectivity index (χ3n) is 3.29. The predicted molar refractivity (Wildman–Crippen MR) is 41.0 cm³/mol. The van der Waals surface area contributed by atoms with E-state index in [2.05, 4.69) is 5.32 Å². The van der Waals surface area contributed by atoms with Crippen molar-refractivity contribution in [2.75, 3.05) is 7.05 Å². The van der Waals surface area contributed by atoms with E-state index in [0.29, 0.717) is 12.8 Å². The average Bonchev–Trinajstić information content (AvgIpc) is 2.70. The predicted octanol–water partition coefficient (Wildman–Crippen LogP) is -0.787. The number of aliphatic hydroxyl groups is 2. The van der Waals surface area contributed by atoms with E-state index in [1.165, 1.54) is 7.05 Å². The standard InChI is InChI=1S/C8H13NO3/c1-9-6(10)7-4-5(7)2-3-8(7,11)12/h5,11-12H,2-4H2,1H3,(H,9,10). The van der Waals surface area contributed by atoms with Crippen molar-refractivity contribution in [1.29, 1.82) is 0 Å². The van der Waals surface area contributed by atoms with Crippen molar-refractivity contribution >= 4 is 5.91 Å². The fourth-order valence-corrected chi connectivity index (χ4v) is 2.45. The quantitative estimate of drug-likeness (QED) is 0.453.